The molecule has 2 aromatic rings. The molecule has 1 unspecified atom stereocenters. The Hall–Kier alpha value is -1.30. The van der Waals surface area contributed by atoms with E-state index < -0.39 is 8.33 Å². The number of allylic oxidation sites excluding steroid dienone is 2. The van der Waals surface area contributed by atoms with Gasteiger partial charge >= 0.3 is 214 Å². The predicted octanol–water partition coefficient (Wildman–Crippen LogP) is 1.15. The van der Waals surface area contributed by atoms with Crippen LogP contribution < -0.4 is 69.1 Å². The van der Waals surface area contributed by atoms with Crippen LogP contribution in [-0.4, -0.2) is 20.9 Å². The van der Waals surface area contributed by atoms with Crippen LogP contribution >= 0.6 is 0 Å². The predicted molar refractivity (Wildman–Crippen MR) is 103 cm³/mol. The quantitative estimate of drug-likeness (QED) is 0.531. The van der Waals surface area contributed by atoms with Gasteiger partial charge in [0.2, 0.25) is 0 Å². The van der Waals surface area contributed by atoms with Gasteiger partial charge < -0.3 is 0 Å². The number of hydrogen-bond acceptors (Lipinski definition) is 6. The average Bonchev–Trinajstić information content (AvgIpc) is 3.23. The summed E-state index contributed by atoms with van der Waals surface area (Å²) >= 11 is 0. The molecule has 146 valence electrons. The van der Waals surface area contributed by atoms with Gasteiger partial charge in [-0.3, -0.25) is 0 Å². The third kappa shape index (κ3) is 3.35. The van der Waals surface area contributed by atoms with E-state index in [9.17, 15) is 4.79 Å². The Labute approximate surface area is 212 Å². The van der Waals surface area contributed by atoms with Crippen LogP contribution in [0.25, 0.3) is 0 Å². The third-order valence-corrected chi connectivity index (χ3v) is 9.19. The van der Waals surface area contributed by atoms with Crippen molar-refractivity contribution >= 4 is 14.3 Å². The van der Waals surface area contributed by atoms with Gasteiger partial charge in [-0.1, -0.05) is 0 Å². The van der Waals surface area contributed by atoms with Crippen LogP contribution in [0, 0.1) is 5.92 Å². The molecule has 0 saturated heterocycles. The molecule has 2 heterocycles. The summed E-state index contributed by atoms with van der Waals surface area (Å²) in [6, 6.07) is 15.0. The molecule has 2 aliphatic heterocycles. The summed E-state index contributed by atoms with van der Waals surface area (Å²) < 4.78 is 30.8. The topological polar surface area (TPSA) is 63.2 Å². The fraction of sp³-hybridized carbons (Fsp3) is 0.286. The Bertz CT molecular complexity index is 878. The van der Waals surface area contributed by atoms with Gasteiger partial charge in [0.15, 0.2) is 0 Å². The zero-order valence-corrected chi connectivity index (χ0v) is 20.7. The maximum Gasteiger partial charge on any atom is 1.00 e. The van der Waals surface area contributed by atoms with E-state index in [0.29, 0.717) is 48.9 Å². The van der Waals surface area contributed by atoms with Crippen LogP contribution in [0.15, 0.2) is 59.8 Å². The number of hydrogen-bond donors (Lipinski definition) is 0. The van der Waals surface area contributed by atoms with Crippen molar-refractivity contribution in [2.24, 2.45) is 5.92 Å². The normalized spacial score (nSPS) is 23.3. The third-order valence-electron chi connectivity index (χ3n) is 5.40. The molecule has 0 N–H and O–H groups in total. The molecule has 6 nitrogen and oxygen atoms in total. The van der Waals surface area contributed by atoms with E-state index in [0.717, 1.165) is 5.20 Å². The second-order valence-electron chi connectivity index (χ2n) is 7.16. The second kappa shape index (κ2) is 7.75. The first-order chi connectivity index (χ1) is 13.6. The van der Waals surface area contributed by atoms with Crippen LogP contribution in [0.2, 0.25) is 0 Å². The summed E-state index contributed by atoms with van der Waals surface area (Å²) in [4.78, 5) is 12.1. The van der Waals surface area contributed by atoms with Crippen LogP contribution in [0.1, 0.15) is 26.2 Å². The Morgan fingerprint density at radius 1 is 0.966 bits per heavy atom. The summed E-state index contributed by atoms with van der Waals surface area (Å²) in [5, 5.41) is 0.855. The molecule has 0 bridgehead atoms. The summed E-state index contributed by atoms with van der Waals surface area (Å²) in [6.07, 6.45) is 3.75. The number of esters is 1. The minimum absolute atomic E-state index is 0. The maximum absolute atomic E-state index is 12.1. The van der Waals surface area contributed by atoms with Gasteiger partial charge in [-0.05, 0) is 0 Å². The number of carbonyl (C=O) groups is 1. The molecule has 1 spiro atoms. The molecular weight excluding hydrogens is 415 g/mol. The van der Waals surface area contributed by atoms with Gasteiger partial charge in [0.25, 0.3) is 0 Å². The fourth-order valence-electron chi connectivity index (χ4n) is 4.06. The Morgan fingerprint density at radius 3 is 1.83 bits per heavy atom. The van der Waals surface area contributed by atoms with E-state index in [2.05, 4.69) is 0 Å². The van der Waals surface area contributed by atoms with E-state index in [1.54, 1.807) is 0 Å². The van der Waals surface area contributed by atoms with Gasteiger partial charge in [0.05, 0.1) is 0 Å². The van der Waals surface area contributed by atoms with Crippen molar-refractivity contribution in [2.45, 2.75) is 26.2 Å². The first kappa shape index (κ1) is 21.0. The summed E-state index contributed by atoms with van der Waals surface area (Å²) in [7, 11) is -4.42. The summed E-state index contributed by atoms with van der Waals surface area (Å²) in [5.41, 5.74) is 0. The molecule has 1 atom stereocenters. The van der Waals surface area contributed by atoms with Gasteiger partial charge in [-0.15, -0.1) is 0 Å². The van der Waals surface area contributed by atoms with Crippen molar-refractivity contribution in [3.8, 4) is 23.0 Å². The fourth-order valence-corrected chi connectivity index (χ4v) is 8.03. The van der Waals surface area contributed by atoms with Crippen LogP contribution in [0.5, 0.6) is 23.0 Å². The first-order valence-corrected chi connectivity index (χ1v) is 11.7. The van der Waals surface area contributed by atoms with Crippen molar-refractivity contribution in [1.29, 1.82) is 0 Å². The Balaban J connectivity index is 0.00000205. The Morgan fingerprint density at radius 2 is 1.45 bits per heavy atom. The number of para-hydroxylation sites is 4. The van der Waals surface area contributed by atoms with Crippen LogP contribution in [0.3, 0.4) is 0 Å². The molecule has 0 aromatic heterocycles. The van der Waals surface area contributed by atoms with Crippen LogP contribution in [-0.2, 0) is 9.53 Å². The molecule has 0 fully saturated rings. The second-order valence-corrected chi connectivity index (χ2v) is 10.4. The van der Waals surface area contributed by atoms with Gasteiger partial charge in [0, 0.05) is 0 Å². The van der Waals surface area contributed by atoms with Gasteiger partial charge in [0.1, 0.15) is 0 Å². The average molecular weight is 437 g/mol. The standard InChI is InChI=1S/C21H21O6Si.K/c1-2-23-21(22)15-11-13-16(14-12-15)28(24-17-7-3-4-8-18(17)25-28)26-19-9-5-6-10-20(19)27-28;/h3-10,13,15H,2,11-12,14H2,1H3;/q-1;+1. The van der Waals surface area contributed by atoms with Gasteiger partial charge in [-0.25, -0.2) is 0 Å². The molecular formula is C21H21KO6Si. The number of rotatable bonds is 3. The zero-order valence-electron chi connectivity index (χ0n) is 16.6. The molecule has 3 aliphatic rings. The molecule has 0 amide bonds. The maximum atomic E-state index is 12.1. The number of benzene rings is 2. The summed E-state index contributed by atoms with van der Waals surface area (Å²) in [6.45, 7) is 2.20. The number of fused-ring (bicyclic) bond motifs is 2. The molecule has 0 saturated carbocycles. The smallest absolute Gasteiger partial charge is 1.00 e. The van der Waals surface area contributed by atoms with E-state index in [-0.39, 0.29) is 63.3 Å². The molecule has 8 heteroatoms. The van der Waals surface area contributed by atoms with Crippen molar-refractivity contribution in [2.75, 3.05) is 6.61 Å². The number of ether oxygens (including phenoxy) is 1. The van der Waals surface area contributed by atoms with Crippen LogP contribution in [0.4, 0.5) is 0 Å². The monoisotopic (exact) mass is 436 g/mol. The first-order valence-electron chi connectivity index (χ1n) is 9.60. The van der Waals surface area contributed by atoms with Crippen molar-refractivity contribution in [3.05, 3.63) is 59.8 Å². The SMILES string of the molecule is CCOC(=O)C1CC=C([Si-]23(Oc4ccccc4O2)Oc2ccccc2O3)CC1.[K+]. The molecule has 2 aromatic carbocycles. The zero-order chi connectivity index (χ0) is 19.2. The van der Waals surface area contributed by atoms with E-state index >= 15 is 0 Å². The van der Waals surface area contributed by atoms with E-state index in [1.807, 2.05) is 61.5 Å². The minimum atomic E-state index is -4.42. The summed E-state index contributed by atoms with van der Waals surface area (Å²) in [5.74, 6) is 2.10. The number of carbonyl (C=O) groups excluding carboxylic acids is 1. The van der Waals surface area contributed by atoms with Crippen molar-refractivity contribution < 1.29 is 78.6 Å². The van der Waals surface area contributed by atoms with Gasteiger partial charge in [-0.2, -0.15) is 0 Å². The molecule has 1 aliphatic carbocycles. The van der Waals surface area contributed by atoms with Crippen molar-refractivity contribution in [1.82, 2.24) is 0 Å². The van der Waals surface area contributed by atoms with E-state index in [1.165, 1.54) is 0 Å². The molecule has 0 radical (unpaired) electrons. The Kier molecular flexibility index (Phi) is 5.60. The molecule has 5 rings (SSSR count). The molecule has 29 heavy (non-hydrogen) atoms. The van der Waals surface area contributed by atoms with E-state index in [4.69, 9.17) is 22.4 Å². The largest absolute Gasteiger partial charge is 1.00 e. The minimum Gasteiger partial charge on any atom is 1.00 e. The van der Waals surface area contributed by atoms with Crippen molar-refractivity contribution in [3.63, 3.8) is 0 Å².